The van der Waals surface area contributed by atoms with Crippen molar-refractivity contribution < 1.29 is 0 Å². The third-order valence-corrected chi connectivity index (χ3v) is 4.36. The monoisotopic (exact) mass is 207 g/mol. The van der Waals surface area contributed by atoms with Gasteiger partial charge in [-0.25, -0.2) is 0 Å². The van der Waals surface area contributed by atoms with Crippen LogP contribution in [0.4, 0.5) is 0 Å². The van der Waals surface area contributed by atoms with E-state index in [1.165, 1.54) is 35.5 Å². The molecule has 0 aromatic heterocycles. The lowest BCUT2D eigenvalue weighted by Gasteiger charge is -2.27. The fraction of sp³-hybridized carbons (Fsp3) is 0.583. The van der Waals surface area contributed by atoms with Crippen molar-refractivity contribution >= 4 is 17.5 Å². The topological polar surface area (TPSA) is 12.4 Å². The summed E-state index contributed by atoms with van der Waals surface area (Å²) in [7, 11) is 1.92. The van der Waals surface area contributed by atoms with Crippen LogP contribution < -0.4 is 0 Å². The Morgan fingerprint density at radius 1 is 1.14 bits per heavy atom. The van der Waals surface area contributed by atoms with Crippen molar-refractivity contribution in [3.63, 3.8) is 0 Å². The number of nitrogens with zero attached hydrogens (tertiary/aromatic N) is 1. The van der Waals surface area contributed by atoms with Crippen LogP contribution in [0.25, 0.3) is 0 Å². The van der Waals surface area contributed by atoms with E-state index < -0.39 is 0 Å². The minimum atomic E-state index is 1.14. The molecule has 0 unspecified atom stereocenters. The molecule has 0 spiro atoms. The Hall–Kier alpha value is -0.500. The highest BCUT2D eigenvalue weighted by Gasteiger charge is 2.24. The fourth-order valence-corrected chi connectivity index (χ4v) is 3.38. The van der Waals surface area contributed by atoms with Crippen molar-refractivity contribution in [3.05, 3.63) is 21.6 Å². The summed E-state index contributed by atoms with van der Waals surface area (Å²) in [6.45, 7) is 4.51. The molecule has 0 bridgehead atoms. The Labute approximate surface area is 90.4 Å². The van der Waals surface area contributed by atoms with Gasteiger partial charge in [-0.3, -0.25) is 4.99 Å². The second kappa shape index (κ2) is 3.93. The van der Waals surface area contributed by atoms with Crippen molar-refractivity contribution in [2.45, 2.75) is 33.1 Å². The minimum absolute atomic E-state index is 1.14. The first-order valence-corrected chi connectivity index (χ1v) is 6.21. The third-order valence-electron chi connectivity index (χ3n) is 3.19. The molecule has 1 nitrogen and oxygen atoms in total. The molecule has 0 aromatic rings. The number of allylic oxidation sites excluding steroid dienone is 4. The van der Waals surface area contributed by atoms with E-state index in [0.717, 1.165) is 6.42 Å². The van der Waals surface area contributed by atoms with E-state index in [9.17, 15) is 0 Å². The van der Waals surface area contributed by atoms with E-state index in [1.54, 1.807) is 10.5 Å². The lowest BCUT2D eigenvalue weighted by atomic mass is 9.88. The van der Waals surface area contributed by atoms with Gasteiger partial charge in [0.2, 0.25) is 0 Å². The molecule has 0 radical (unpaired) electrons. The largest absolute Gasteiger partial charge is 0.292 e. The summed E-state index contributed by atoms with van der Waals surface area (Å²) in [5, 5.41) is 0. The summed E-state index contributed by atoms with van der Waals surface area (Å²) in [5.41, 5.74) is 5.84. The van der Waals surface area contributed by atoms with Crippen LogP contribution in [0.1, 0.15) is 33.1 Å². The SMILES string of the molecule is CN=C1CCSC2=C1C(C)=C(C)CC2. The van der Waals surface area contributed by atoms with Gasteiger partial charge in [0.05, 0.1) is 0 Å². The van der Waals surface area contributed by atoms with Gasteiger partial charge in [-0.05, 0) is 43.6 Å². The van der Waals surface area contributed by atoms with Crippen molar-refractivity contribution in [2.24, 2.45) is 4.99 Å². The first-order chi connectivity index (χ1) is 6.74. The summed E-state index contributed by atoms with van der Waals surface area (Å²) in [4.78, 5) is 6.01. The summed E-state index contributed by atoms with van der Waals surface area (Å²) in [5.74, 6) is 1.22. The van der Waals surface area contributed by atoms with E-state index in [0.29, 0.717) is 0 Å². The number of aliphatic imine (C=N–C) groups is 1. The second-order valence-corrected chi connectivity index (χ2v) is 5.16. The average Bonchev–Trinajstić information content (AvgIpc) is 2.23. The Kier molecular flexibility index (Phi) is 2.82. The van der Waals surface area contributed by atoms with Gasteiger partial charge >= 0.3 is 0 Å². The van der Waals surface area contributed by atoms with Gasteiger partial charge in [0.15, 0.2) is 0 Å². The number of rotatable bonds is 0. The molecule has 2 aliphatic rings. The highest BCUT2D eigenvalue weighted by Crippen LogP contribution is 2.40. The van der Waals surface area contributed by atoms with Crippen molar-refractivity contribution in [2.75, 3.05) is 12.8 Å². The van der Waals surface area contributed by atoms with Crippen LogP contribution in [0.15, 0.2) is 26.6 Å². The zero-order valence-electron chi connectivity index (χ0n) is 9.18. The molecule has 1 heterocycles. The van der Waals surface area contributed by atoms with Gasteiger partial charge in [0, 0.05) is 24.1 Å². The van der Waals surface area contributed by atoms with E-state index >= 15 is 0 Å². The Balaban J connectivity index is 2.49. The minimum Gasteiger partial charge on any atom is -0.292 e. The molecule has 0 atom stereocenters. The highest BCUT2D eigenvalue weighted by atomic mass is 32.2. The van der Waals surface area contributed by atoms with E-state index in [1.807, 2.05) is 18.8 Å². The molecule has 0 N–H and O–H groups in total. The smallest absolute Gasteiger partial charge is 0.0436 e. The van der Waals surface area contributed by atoms with Crippen molar-refractivity contribution in [3.8, 4) is 0 Å². The lowest BCUT2D eigenvalue weighted by molar-refractivity contribution is 0.912. The number of thioether (sulfide) groups is 1. The number of hydrogen-bond donors (Lipinski definition) is 0. The standard InChI is InChI=1S/C12H17NS/c1-8-4-5-11-12(9(8)2)10(13-3)6-7-14-11/h4-7H2,1-3H3. The second-order valence-electron chi connectivity index (χ2n) is 3.97. The van der Waals surface area contributed by atoms with Crippen molar-refractivity contribution in [1.82, 2.24) is 0 Å². The predicted molar refractivity (Wildman–Crippen MR) is 65.1 cm³/mol. The maximum atomic E-state index is 4.43. The molecule has 76 valence electrons. The highest BCUT2D eigenvalue weighted by molar-refractivity contribution is 8.03. The summed E-state index contributed by atoms with van der Waals surface area (Å²) in [6.07, 6.45) is 3.63. The molecule has 1 aliphatic heterocycles. The molecule has 2 heteroatoms. The van der Waals surface area contributed by atoms with Gasteiger partial charge in [0.1, 0.15) is 0 Å². The van der Waals surface area contributed by atoms with Crippen LogP contribution in [0, 0.1) is 0 Å². The maximum Gasteiger partial charge on any atom is 0.0436 e. The van der Waals surface area contributed by atoms with Crippen LogP contribution >= 0.6 is 11.8 Å². The molecule has 0 amide bonds. The van der Waals surface area contributed by atoms with Crippen molar-refractivity contribution in [1.29, 1.82) is 0 Å². The quantitative estimate of drug-likeness (QED) is 0.591. The summed E-state index contributed by atoms with van der Waals surface area (Å²) < 4.78 is 0. The molecule has 2 rings (SSSR count). The molecular weight excluding hydrogens is 190 g/mol. The first kappa shape index (κ1) is 10.0. The van der Waals surface area contributed by atoms with Crippen LogP contribution in [0.3, 0.4) is 0 Å². The zero-order chi connectivity index (χ0) is 10.1. The molecule has 0 aromatic carbocycles. The van der Waals surface area contributed by atoms with Gasteiger partial charge in [-0.2, -0.15) is 0 Å². The summed E-state index contributed by atoms with van der Waals surface area (Å²) in [6, 6.07) is 0. The van der Waals surface area contributed by atoms with E-state index in [-0.39, 0.29) is 0 Å². The number of hydrogen-bond acceptors (Lipinski definition) is 2. The Bertz CT molecular complexity index is 347. The molecule has 0 fully saturated rings. The lowest BCUT2D eigenvalue weighted by Crippen LogP contribution is -2.16. The molecule has 14 heavy (non-hydrogen) atoms. The van der Waals surface area contributed by atoms with Crippen LogP contribution in [0.5, 0.6) is 0 Å². The normalized spacial score (nSPS) is 25.8. The predicted octanol–water partition coefficient (Wildman–Crippen LogP) is 3.58. The van der Waals surface area contributed by atoms with Crippen LogP contribution in [-0.4, -0.2) is 18.5 Å². The van der Waals surface area contributed by atoms with E-state index in [4.69, 9.17) is 0 Å². The third kappa shape index (κ3) is 1.56. The Morgan fingerprint density at radius 2 is 1.93 bits per heavy atom. The van der Waals surface area contributed by atoms with Crippen LogP contribution in [-0.2, 0) is 0 Å². The average molecular weight is 207 g/mol. The zero-order valence-corrected chi connectivity index (χ0v) is 10.0. The van der Waals surface area contributed by atoms with E-state index in [2.05, 4.69) is 18.8 Å². The fourth-order valence-electron chi connectivity index (χ4n) is 2.18. The van der Waals surface area contributed by atoms with Gasteiger partial charge < -0.3 is 0 Å². The Morgan fingerprint density at radius 3 is 2.64 bits per heavy atom. The molecule has 0 saturated carbocycles. The maximum absolute atomic E-state index is 4.43. The van der Waals surface area contributed by atoms with Gasteiger partial charge in [-0.1, -0.05) is 5.57 Å². The van der Waals surface area contributed by atoms with Gasteiger partial charge in [0.25, 0.3) is 0 Å². The summed E-state index contributed by atoms with van der Waals surface area (Å²) >= 11 is 2.04. The molecule has 0 saturated heterocycles. The molecule has 1 aliphatic carbocycles. The van der Waals surface area contributed by atoms with Gasteiger partial charge in [-0.15, -0.1) is 11.8 Å². The van der Waals surface area contributed by atoms with Crippen LogP contribution in [0.2, 0.25) is 0 Å². The molecular formula is C12H17NS. The first-order valence-electron chi connectivity index (χ1n) is 5.22.